The average molecular weight is 650 g/mol. The van der Waals surface area contributed by atoms with E-state index in [9.17, 15) is 0 Å². The first-order chi connectivity index (χ1) is 25.3. The molecule has 3 aromatic heterocycles. The number of rotatable bonds is 4. The van der Waals surface area contributed by atoms with Crippen molar-refractivity contribution in [2.45, 2.75) is 0 Å². The van der Waals surface area contributed by atoms with Gasteiger partial charge in [0.1, 0.15) is 0 Å². The van der Waals surface area contributed by atoms with Crippen molar-refractivity contribution in [2.75, 3.05) is 0 Å². The number of nitrogens with zero attached hydrogens (tertiary/aromatic N) is 3. The third kappa shape index (κ3) is 4.00. The minimum absolute atomic E-state index is 1.15. The van der Waals surface area contributed by atoms with Crippen LogP contribution in [0.3, 0.4) is 0 Å². The summed E-state index contributed by atoms with van der Waals surface area (Å²) in [5, 5.41) is 7.51. The van der Waals surface area contributed by atoms with Gasteiger partial charge in [0.2, 0.25) is 0 Å². The van der Waals surface area contributed by atoms with Crippen molar-refractivity contribution in [2.24, 2.45) is 0 Å². The molecule has 3 nitrogen and oxygen atoms in total. The van der Waals surface area contributed by atoms with E-state index in [2.05, 4.69) is 202 Å². The first-order valence-electron chi connectivity index (χ1n) is 17.5. The molecule has 8 aromatic carbocycles. The minimum Gasteiger partial charge on any atom is -0.309 e. The molecule has 0 fully saturated rings. The largest absolute Gasteiger partial charge is 0.309 e. The van der Waals surface area contributed by atoms with Crippen LogP contribution in [0, 0.1) is 0 Å². The van der Waals surface area contributed by atoms with Crippen LogP contribution >= 0.6 is 0 Å². The normalized spacial score (nSPS) is 11.9. The van der Waals surface area contributed by atoms with E-state index in [-0.39, 0.29) is 0 Å². The van der Waals surface area contributed by atoms with Crippen LogP contribution < -0.4 is 0 Å². The van der Waals surface area contributed by atoms with Crippen LogP contribution in [0.5, 0.6) is 0 Å². The fraction of sp³-hybridized carbons (Fsp3) is 0. The quantitative estimate of drug-likeness (QED) is 0.180. The molecule has 0 aliphatic heterocycles. The molecule has 0 bridgehead atoms. The highest BCUT2D eigenvalue weighted by Gasteiger charge is 2.24. The molecule has 3 heterocycles. The van der Waals surface area contributed by atoms with Crippen LogP contribution in [0.2, 0.25) is 0 Å². The van der Waals surface area contributed by atoms with Crippen molar-refractivity contribution in [1.82, 2.24) is 13.7 Å². The van der Waals surface area contributed by atoms with Crippen LogP contribution in [-0.2, 0) is 0 Å². The van der Waals surface area contributed by atoms with Crippen molar-refractivity contribution in [1.29, 1.82) is 0 Å². The van der Waals surface area contributed by atoms with Crippen molar-refractivity contribution in [3.05, 3.63) is 188 Å². The summed E-state index contributed by atoms with van der Waals surface area (Å²) in [6.07, 6.45) is 0. The van der Waals surface area contributed by atoms with Gasteiger partial charge >= 0.3 is 0 Å². The van der Waals surface area contributed by atoms with Crippen molar-refractivity contribution in [3.8, 4) is 28.2 Å². The zero-order chi connectivity index (χ0) is 33.5. The summed E-state index contributed by atoms with van der Waals surface area (Å²) in [4.78, 5) is 0. The first-order valence-corrected chi connectivity index (χ1v) is 17.5. The molecule has 0 aliphatic rings. The SMILES string of the molecule is c1ccc(-n2c3ccccc3c3cc(-c4cc5c(c6ccccc6n5-c5ccccc5)c5c4c4ccccc4n5-c4ccccc4)ccc32)cc1. The van der Waals surface area contributed by atoms with Gasteiger partial charge in [0.05, 0.1) is 33.1 Å². The lowest BCUT2D eigenvalue weighted by molar-refractivity contribution is 1.17. The van der Waals surface area contributed by atoms with E-state index in [0.717, 1.165) is 11.4 Å². The highest BCUT2D eigenvalue weighted by Crippen LogP contribution is 2.47. The fourth-order valence-electron chi connectivity index (χ4n) is 8.53. The standard InChI is InChI=1S/C48H31N3/c1-4-16-33(17-5-1)49-41-25-13-10-22-36(41)40-30-32(28-29-44(40)49)39-31-45-47(38-24-12-14-26-42(38)50(45)34-18-6-2-7-19-34)48-46(39)37-23-11-15-27-43(37)51(48)35-20-8-3-9-21-35/h1-31H. The predicted octanol–water partition coefficient (Wildman–Crippen LogP) is 12.6. The van der Waals surface area contributed by atoms with Gasteiger partial charge in [-0.15, -0.1) is 0 Å². The summed E-state index contributed by atoms with van der Waals surface area (Å²) in [6.45, 7) is 0. The van der Waals surface area contributed by atoms with Gasteiger partial charge in [-0.2, -0.15) is 0 Å². The lowest BCUT2D eigenvalue weighted by atomic mass is 9.95. The molecule has 0 saturated heterocycles. The lowest BCUT2D eigenvalue weighted by Gasteiger charge is -2.13. The topological polar surface area (TPSA) is 14.8 Å². The van der Waals surface area contributed by atoms with Gasteiger partial charge < -0.3 is 13.7 Å². The summed E-state index contributed by atoms with van der Waals surface area (Å²) >= 11 is 0. The zero-order valence-corrected chi connectivity index (χ0v) is 27.7. The van der Waals surface area contributed by atoms with E-state index < -0.39 is 0 Å². The van der Waals surface area contributed by atoms with Crippen molar-refractivity contribution >= 4 is 65.4 Å². The third-order valence-corrected chi connectivity index (χ3v) is 10.6. The van der Waals surface area contributed by atoms with Gasteiger partial charge in [-0.1, -0.05) is 115 Å². The van der Waals surface area contributed by atoms with Gasteiger partial charge in [0.25, 0.3) is 0 Å². The summed E-state index contributed by atoms with van der Waals surface area (Å²) in [7, 11) is 0. The maximum Gasteiger partial charge on any atom is 0.0647 e. The molecule has 0 aliphatic carbocycles. The van der Waals surface area contributed by atoms with E-state index in [1.807, 2.05) is 0 Å². The summed E-state index contributed by atoms with van der Waals surface area (Å²) in [5.74, 6) is 0. The van der Waals surface area contributed by atoms with E-state index >= 15 is 0 Å². The Hall–Kier alpha value is -6.84. The number of aromatic nitrogens is 3. The molecular weight excluding hydrogens is 619 g/mol. The number of benzene rings is 8. The number of para-hydroxylation sites is 6. The molecule has 238 valence electrons. The van der Waals surface area contributed by atoms with Crippen molar-refractivity contribution < 1.29 is 0 Å². The molecule has 0 saturated carbocycles. The molecule has 0 unspecified atom stereocenters. The third-order valence-electron chi connectivity index (χ3n) is 10.6. The van der Waals surface area contributed by atoms with Crippen LogP contribution in [0.1, 0.15) is 0 Å². The Kier molecular flexibility index (Phi) is 5.96. The molecule has 3 heteroatoms. The van der Waals surface area contributed by atoms with E-state index in [1.54, 1.807) is 0 Å². The Morgan fingerprint density at radius 1 is 0.275 bits per heavy atom. The molecule has 51 heavy (non-hydrogen) atoms. The van der Waals surface area contributed by atoms with Gasteiger partial charge in [0, 0.05) is 49.4 Å². The first kappa shape index (κ1) is 28.0. The lowest BCUT2D eigenvalue weighted by Crippen LogP contribution is -1.96. The molecule has 11 aromatic rings. The van der Waals surface area contributed by atoms with E-state index in [4.69, 9.17) is 0 Å². The highest BCUT2D eigenvalue weighted by atomic mass is 15.0. The second-order valence-electron chi connectivity index (χ2n) is 13.3. The maximum absolute atomic E-state index is 2.48. The molecule has 0 atom stereocenters. The number of hydrogen-bond acceptors (Lipinski definition) is 0. The fourth-order valence-corrected chi connectivity index (χ4v) is 8.53. The maximum atomic E-state index is 2.48. The molecular formula is C48H31N3. The summed E-state index contributed by atoms with van der Waals surface area (Å²) in [5.41, 5.74) is 13.1. The Bertz CT molecular complexity index is 3110. The Morgan fingerprint density at radius 2 is 0.706 bits per heavy atom. The molecule has 0 radical (unpaired) electrons. The second-order valence-corrected chi connectivity index (χ2v) is 13.3. The summed E-state index contributed by atoms with van der Waals surface area (Å²) in [6, 6.07) is 68.4. The van der Waals surface area contributed by atoms with Crippen molar-refractivity contribution in [3.63, 3.8) is 0 Å². The average Bonchev–Trinajstić information content (AvgIpc) is 3.84. The van der Waals surface area contributed by atoms with Crippen LogP contribution in [0.15, 0.2) is 188 Å². The van der Waals surface area contributed by atoms with E-state index in [0.29, 0.717) is 0 Å². The second kappa shape index (κ2) is 10.8. The summed E-state index contributed by atoms with van der Waals surface area (Å²) < 4.78 is 7.32. The Labute approximate surface area is 294 Å². The van der Waals surface area contributed by atoms with Gasteiger partial charge in [-0.05, 0) is 83.9 Å². The number of hydrogen-bond donors (Lipinski definition) is 0. The molecule has 0 N–H and O–H groups in total. The smallest absolute Gasteiger partial charge is 0.0647 e. The molecule has 0 spiro atoms. The monoisotopic (exact) mass is 649 g/mol. The highest BCUT2D eigenvalue weighted by molar-refractivity contribution is 6.30. The van der Waals surface area contributed by atoms with Crippen LogP contribution in [-0.4, -0.2) is 13.7 Å². The van der Waals surface area contributed by atoms with Crippen LogP contribution in [0.4, 0.5) is 0 Å². The number of fused-ring (bicyclic) bond motifs is 10. The van der Waals surface area contributed by atoms with Gasteiger partial charge in [0.15, 0.2) is 0 Å². The van der Waals surface area contributed by atoms with Crippen LogP contribution in [0.25, 0.3) is 93.6 Å². The molecule has 0 amide bonds. The van der Waals surface area contributed by atoms with Gasteiger partial charge in [-0.25, -0.2) is 0 Å². The van der Waals surface area contributed by atoms with Gasteiger partial charge in [-0.3, -0.25) is 0 Å². The zero-order valence-electron chi connectivity index (χ0n) is 27.7. The molecule has 11 rings (SSSR count). The van der Waals surface area contributed by atoms with E-state index in [1.165, 1.54) is 82.2 Å². The Morgan fingerprint density at radius 3 is 1.31 bits per heavy atom. The predicted molar refractivity (Wildman–Crippen MR) is 215 cm³/mol. The Balaban J connectivity index is 1.34. The minimum atomic E-state index is 1.15.